The van der Waals surface area contributed by atoms with Gasteiger partial charge in [0, 0.05) is 23.4 Å². The van der Waals surface area contributed by atoms with Crippen molar-refractivity contribution in [1.29, 1.82) is 0 Å². The predicted octanol–water partition coefficient (Wildman–Crippen LogP) is 2.66. The van der Waals surface area contributed by atoms with Crippen molar-refractivity contribution in [3.63, 3.8) is 0 Å². The van der Waals surface area contributed by atoms with Crippen LogP contribution in [0, 0.1) is 26.6 Å². The molecule has 0 unspecified atom stereocenters. The van der Waals surface area contributed by atoms with Crippen molar-refractivity contribution in [2.45, 2.75) is 40.7 Å². The minimum atomic E-state index is -0.517. The van der Waals surface area contributed by atoms with E-state index in [0.29, 0.717) is 11.4 Å². The van der Waals surface area contributed by atoms with Crippen LogP contribution in [0.15, 0.2) is 47.5 Å². The predicted molar refractivity (Wildman–Crippen MR) is 117 cm³/mol. The molecule has 0 fully saturated rings. The second-order valence-electron chi connectivity index (χ2n) is 8.24. The molecule has 3 heterocycles. The summed E-state index contributed by atoms with van der Waals surface area (Å²) in [6.07, 6.45) is 3.49. The SMILES string of the molecule is Cc1cc[n+](C2=C(c3c(C)[nH]n(-c4ccc(F)cc4)c3=O)C(=O)N(C(C)C)C2=O)cc1C. The van der Waals surface area contributed by atoms with Crippen LogP contribution in [-0.4, -0.2) is 32.5 Å². The molecule has 2 aromatic heterocycles. The Morgan fingerprint density at radius 1 is 0.938 bits per heavy atom. The molecule has 0 saturated heterocycles. The Labute approximate surface area is 184 Å². The van der Waals surface area contributed by atoms with Gasteiger partial charge in [0.2, 0.25) is 0 Å². The van der Waals surface area contributed by atoms with Gasteiger partial charge in [0.05, 0.1) is 11.3 Å². The number of amides is 2. The van der Waals surface area contributed by atoms with Crippen LogP contribution < -0.4 is 10.1 Å². The van der Waals surface area contributed by atoms with Gasteiger partial charge in [-0.15, -0.1) is 0 Å². The third-order valence-electron chi connectivity index (χ3n) is 5.71. The quantitative estimate of drug-likeness (QED) is 0.506. The van der Waals surface area contributed by atoms with E-state index in [0.717, 1.165) is 11.1 Å². The summed E-state index contributed by atoms with van der Waals surface area (Å²) >= 11 is 0. The van der Waals surface area contributed by atoms with Crippen molar-refractivity contribution >= 4 is 23.1 Å². The van der Waals surface area contributed by atoms with Crippen molar-refractivity contribution in [2.75, 3.05) is 0 Å². The number of rotatable bonds is 4. The molecule has 164 valence electrons. The summed E-state index contributed by atoms with van der Waals surface area (Å²) < 4.78 is 16.2. The van der Waals surface area contributed by atoms with E-state index in [4.69, 9.17) is 0 Å². The number of aromatic amines is 1. The zero-order valence-electron chi connectivity index (χ0n) is 18.6. The Hall–Kier alpha value is -3.81. The number of carbonyl (C=O) groups excluding carboxylic acids is 2. The minimum Gasteiger partial charge on any atom is -0.295 e. The van der Waals surface area contributed by atoms with E-state index in [-0.39, 0.29) is 22.9 Å². The molecule has 0 aliphatic carbocycles. The Morgan fingerprint density at radius 3 is 2.19 bits per heavy atom. The van der Waals surface area contributed by atoms with Gasteiger partial charge in [0.25, 0.3) is 17.2 Å². The number of H-pyrrole nitrogens is 1. The fraction of sp³-hybridized carbons (Fsp3) is 0.250. The molecule has 1 aromatic carbocycles. The average Bonchev–Trinajstić information content (AvgIpc) is 3.16. The number of aromatic nitrogens is 3. The Morgan fingerprint density at radius 2 is 1.59 bits per heavy atom. The molecule has 0 saturated carbocycles. The Bertz CT molecular complexity index is 1350. The number of hydrogen-bond donors (Lipinski definition) is 1. The van der Waals surface area contributed by atoms with Gasteiger partial charge in [0.15, 0.2) is 12.4 Å². The second-order valence-corrected chi connectivity index (χ2v) is 8.24. The molecule has 8 heteroatoms. The highest BCUT2D eigenvalue weighted by atomic mass is 19.1. The summed E-state index contributed by atoms with van der Waals surface area (Å²) in [5.74, 6) is -1.40. The summed E-state index contributed by atoms with van der Waals surface area (Å²) in [6, 6.07) is 6.90. The zero-order chi connectivity index (χ0) is 23.3. The lowest BCUT2D eigenvalue weighted by Crippen LogP contribution is -2.42. The van der Waals surface area contributed by atoms with E-state index in [9.17, 15) is 18.8 Å². The third-order valence-corrected chi connectivity index (χ3v) is 5.71. The van der Waals surface area contributed by atoms with Crippen LogP contribution in [0.4, 0.5) is 4.39 Å². The van der Waals surface area contributed by atoms with Gasteiger partial charge in [-0.05, 0) is 64.4 Å². The average molecular weight is 435 g/mol. The maximum absolute atomic E-state index is 13.4. The minimum absolute atomic E-state index is 0.0524. The summed E-state index contributed by atoms with van der Waals surface area (Å²) in [7, 11) is 0. The summed E-state index contributed by atoms with van der Waals surface area (Å²) in [4.78, 5) is 41.3. The first kappa shape index (κ1) is 21.4. The lowest BCUT2D eigenvalue weighted by Gasteiger charge is -2.17. The van der Waals surface area contributed by atoms with Crippen molar-refractivity contribution in [2.24, 2.45) is 0 Å². The van der Waals surface area contributed by atoms with Crippen LogP contribution in [-0.2, 0) is 9.59 Å². The van der Waals surface area contributed by atoms with Gasteiger partial charge in [-0.25, -0.2) is 9.07 Å². The Kier molecular flexibility index (Phi) is 5.16. The molecule has 2 amide bonds. The first-order valence-electron chi connectivity index (χ1n) is 10.3. The zero-order valence-corrected chi connectivity index (χ0v) is 18.6. The summed E-state index contributed by atoms with van der Waals surface area (Å²) in [5, 5.41) is 2.95. The maximum atomic E-state index is 13.4. The second kappa shape index (κ2) is 7.71. The molecule has 32 heavy (non-hydrogen) atoms. The van der Waals surface area contributed by atoms with Gasteiger partial charge >= 0.3 is 5.91 Å². The van der Waals surface area contributed by atoms with Crippen molar-refractivity contribution in [3.8, 4) is 5.69 Å². The fourth-order valence-corrected chi connectivity index (χ4v) is 3.90. The maximum Gasteiger partial charge on any atom is 0.327 e. The van der Waals surface area contributed by atoms with Crippen LogP contribution in [0.1, 0.15) is 36.2 Å². The molecule has 1 aliphatic rings. The number of carbonyl (C=O) groups is 2. The number of hydrogen-bond acceptors (Lipinski definition) is 3. The highest BCUT2D eigenvalue weighted by Gasteiger charge is 2.48. The number of aryl methyl sites for hydroxylation is 3. The molecule has 4 rings (SSSR count). The number of halogens is 1. The van der Waals surface area contributed by atoms with E-state index in [1.54, 1.807) is 37.7 Å². The number of pyridine rings is 1. The molecule has 0 spiro atoms. The van der Waals surface area contributed by atoms with Crippen LogP contribution in [0.3, 0.4) is 0 Å². The van der Waals surface area contributed by atoms with Crippen molar-refractivity contribution < 1.29 is 18.5 Å². The largest absolute Gasteiger partial charge is 0.327 e. The van der Waals surface area contributed by atoms with Crippen LogP contribution in [0.5, 0.6) is 0 Å². The fourth-order valence-electron chi connectivity index (χ4n) is 3.90. The van der Waals surface area contributed by atoms with Crippen molar-refractivity contribution in [3.05, 3.63) is 81.3 Å². The van der Waals surface area contributed by atoms with E-state index in [1.165, 1.54) is 33.8 Å². The first-order valence-corrected chi connectivity index (χ1v) is 10.3. The molecule has 0 radical (unpaired) electrons. The van der Waals surface area contributed by atoms with Gasteiger partial charge < -0.3 is 0 Å². The Balaban J connectivity index is 2.00. The molecule has 0 atom stereocenters. The smallest absolute Gasteiger partial charge is 0.295 e. The monoisotopic (exact) mass is 435 g/mol. The van der Waals surface area contributed by atoms with Crippen LogP contribution in [0.25, 0.3) is 17.0 Å². The molecule has 7 nitrogen and oxygen atoms in total. The van der Waals surface area contributed by atoms with Gasteiger partial charge in [-0.1, -0.05) is 0 Å². The molecular formula is C24H24FN4O3+. The van der Waals surface area contributed by atoms with Crippen LogP contribution >= 0.6 is 0 Å². The van der Waals surface area contributed by atoms with E-state index >= 15 is 0 Å². The topological polar surface area (TPSA) is 79.1 Å². The van der Waals surface area contributed by atoms with Crippen molar-refractivity contribution in [1.82, 2.24) is 14.7 Å². The number of nitrogens with zero attached hydrogens (tertiary/aromatic N) is 3. The third kappa shape index (κ3) is 3.28. The highest BCUT2D eigenvalue weighted by molar-refractivity contribution is 6.44. The van der Waals surface area contributed by atoms with E-state index in [1.807, 2.05) is 19.9 Å². The molecule has 3 aromatic rings. The standard InChI is InChI=1S/C24H23FN4O3/c1-13(2)28-22(30)20(21(24(28)32)27-11-10-14(3)15(4)12-27)19-16(5)26-29(23(19)31)18-8-6-17(25)7-9-18/h6-13H,1-5H3/p+1. The lowest BCUT2D eigenvalue weighted by molar-refractivity contribution is -0.577. The van der Waals surface area contributed by atoms with E-state index < -0.39 is 23.2 Å². The number of nitrogens with one attached hydrogen (secondary N) is 1. The van der Waals surface area contributed by atoms with Gasteiger partial charge in [-0.2, -0.15) is 4.57 Å². The van der Waals surface area contributed by atoms with Gasteiger partial charge in [0.1, 0.15) is 11.4 Å². The molecule has 0 bridgehead atoms. The first-order chi connectivity index (χ1) is 15.1. The summed E-state index contributed by atoms with van der Waals surface area (Å²) in [6.45, 7) is 9.04. The molecule has 1 N–H and O–H groups in total. The normalized spacial score (nSPS) is 14.3. The summed E-state index contributed by atoms with van der Waals surface area (Å²) in [5.41, 5.74) is 2.66. The van der Waals surface area contributed by atoms with Crippen LogP contribution in [0.2, 0.25) is 0 Å². The highest BCUT2D eigenvalue weighted by Crippen LogP contribution is 2.31. The number of benzene rings is 1. The molecular weight excluding hydrogens is 411 g/mol. The lowest BCUT2D eigenvalue weighted by atomic mass is 10.0. The number of imide groups is 1. The molecule has 1 aliphatic heterocycles. The van der Waals surface area contributed by atoms with Gasteiger partial charge in [-0.3, -0.25) is 24.4 Å². The van der Waals surface area contributed by atoms with E-state index in [2.05, 4.69) is 5.10 Å².